The van der Waals surface area contributed by atoms with Gasteiger partial charge in [0.25, 0.3) is 0 Å². The average Bonchev–Trinajstić information content (AvgIpc) is 2.72. The van der Waals surface area contributed by atoms with Crippen molar-refractivity contribution >= 4 is 45.2 Å². The predicted molar refractivity (Wildman–Crippen MR) is 118 cm³/mol. The standard InChI is InChI=1S/C19H17BrN8O4/c1-2-31-11-4-8(3-10(20)16(11)32-6-12(29)30)15-13-14(23)9(5-21)17(24)27-18(13)28-19(26-15)25-7-22/h3-4,15H,2,6H2,1H3,(H,29,30)(H6,23,24,25,26,27,28). The number of hydrogen-bond acceptors (Lipinski definition) is 11. The van der Waals surface area contributed by atoms with Crippen LogP contribution in [0.1, 0.15) is 29.7 Å². The quantitative estimate of drug-likeness (QED) is 0.284. The van der Waals surface area contributed by atoms with Gasteiger partial charge in [-0.15, -0.1) is 0 Å². The van der Waals surface area contributed by atoms with Crippen molar-refractivity contribution in [1.29, 1.82) is 10.5 Å². The van der Waals surface area contributed by atoms with E-state index in [1.165, 1.54) is 0 Å². The van der Waals surface area contributed by atoms with Crippen molar-refractivity contribution in [3.63, 3.8) is 0 Å². The van der Waals surface area contributed by atoms with E-state index in [-0.39, 0.29) is 47.0 Å². The van der Waals surface area contributed by atoms with Gasteiger partial charge >= 0.3 is 5.97 Å². The van der Waals surface area contributed by atoms with Gasteiger partial charge in [0, 0.05) is 5.56 Å². The number of nitrogens with zero attached hydrogens (tertiary/aromatic N) is 4. The zero-order valence-electron chi connectivity index (χ0n) is 16.6. The number of pyridine rings is 1. The molecule has 0 fully saturated rings. The van der Waals surface area contributed by atoms with Crippen LogP contribution in [-0.2, 0) is 4.79 Å². The smallest absolute Gasteiger partial charge is 0.341 e. The van der Waals surface area contributed by atoms with E-state index in [1.54, 1.807) is 25.2 Å². The summed E-state index contributed by atoms with van der Waals surface area (Å²) in [7, 11) is 0. The van der Waals surface area contributed by atoms with Crippen LogP contribution < -0.4 is 31.6 Å². The number of aliphatic imine (C=N–C) groups is 1. The van der Waals surface area contributed by atoms with Crippen molar-refractivity contribution < 1.29 is 19.4 Å². The van der Waals surface area contributed by atoms with Crippen molar-refractivity contribution in [3.8, 4) is 23.8 Å². The lowest BCUT2D eigenvalue weighted by atomic mass is 9.95. The molecule has 0 saturated heterocycles. The Morgan fingerprint density at radius 2 is 2.12 bits per heavy atom. The maximum Gasteiger partial charge on any atom is 0.341 e. The number of rotatable bonds is 6. The van der Waals surface area contributed by atoms with Gasteiger partial charge in [-0.3, -0.25) is 5.32 Å². The highest BCUT2D eigenvalue weighted by atomic mass is 79.9. The van der Waals surface area contributed by atoms with E-state index in [2.05, 4.69) is 36.5 Å². The summed E-state index contributed by atoms with van der Waals surface area (Å²) in [5.41, 5.74) is 13.1. The van der Waals surface area contributed by atoms with Gasteiger partial charge in [-0.2, -0.15) is 10.5 Å². The average molecular weight is 501 g/mol. The van der Waals surface area contributed by atoms with Crippen LogP contribution in [0.4, 0.5) is 17.3 Å². The van der Waals surface area contributed by atoms with Crippen LogP contribution in [0.25, 0.3) is 0 Å². The first-order valence-electron chi connectivity index (χ1n) is 9.10. The van der Waals surface area contributed by atoms with E-state index in [0.717, 1.165) is 0 Å². The minimum absolute atomic E-state index is 0.00736. The normalized spacial score (nSPS) is 14.1. The number of benzene rings is 1. The van der Waals surface area contributed by atoms with Gasteiger partial charge in [-0.1, -0.05) is 0 Å². The number of carbonyl (C=O) groups is 1. The largest absolute Gasteiger partial charge is 0.490 e. The number of nitrogen functional groups attached to an aromatic ring is 2. The fourth-order valence-corrected chi connectivity index (χ4v) is 3.68. The number of ether oxygens (including phenoxy) is 2. The van der Waals surface area contributed by atoms with Gasteiger partial charge in [-0.05, 0) is 40.5 Å². The van der Waals surface area contributed by atoms with Crippen molar-refractivity contribution in [3.05, 3.63) is 33.3 Å². The molecule has 1 aromatic heterocycles. The second-order valence-electron chi connectivity index (χ2n) is 6.35. The molecule has 0 bridgehead atoms. The van der Waals surface area contributed by atoms with Crippen molar-refractivity contribution in [2.24, 2.45) is 4.99 Å². The molecule has 1 atom stereocenters. The number of nitrogens with one attached hydrogen (secondary N) is 2. The number of halogens is 1. The summed E-state index contributed by atoms with van der Waals surface area (Å²) < 4.78 is 11.4. The molecule has 1 aromatic carbocycles. The zero-order chi connectivity index (χ0) is 23.4. The van der Waals surface area contributed by atoms with E-state index in [0.29, 0.717) is 15.6 Å². The molecule has 0 aliphatic carbocycles. The Labute approximate surface area is 190 Å². The summed E-state index contributed by atoms with van der Waals surface area (Å²) in [4.78, 5) is 19.6. The maximum absolute atomic E-state index is 10.9. The Bertz CT molecular complexity index is 1200. The number of nitrogens with two attached hydrogens (primary N) is 2. The molecule has 32 heavy (non-hydrogen) atoms. The summed E-state index contributed by atoms with van der Waals surface area (Å²) in [5, 5.41) is 32.7. The molecule has 0 radical (unpaired) electrons. The first-order valence-corrected chi connectivity index (χ1v) is 9.89. The highest BCUT2D eigenvalue weighted by Crippen LogP contribution is 2.45. The van der Waals surface area contributed by atoms with Crippen LogP contribution in [0.15, 0.2) is 21.6 Å². The summed E-state index contributed by atoms with van der Waals surface area (Å²) >= 11 is 3.38. The number of guanidine groups is 1. The predicted octanol–water partition coefficient (Wildman–Crippen LogP) is 1.68. The molecule has 1 aliphatic heterocycles. The third-order valence-electron chi connectivity index (χ3n) is 4.34. The minimum atomic E-state index is -1.15. The van der Waals surface area contributed by atoms with Crippen molar-refractivity contribution in [2.75, 3.05) is 30.0 Å². The second kappa shape index (κ2) is 9.28. The van der Waals surface area contributed by atoms with Gasteiger partial charge in [0.2, 0.25) is 5.96 Å². The Balaban J connectivity index is 2.21. The molecule has 164 valence electrons. The number of aliphatic carboxylic acids is 1. The van der Waals surface area contributed by atoms with Crippen LogP contribution in [0.5, 0.6) is 11.5 Å². The first-order chi connectivity index (χ1) is 15.3. The second-order valence-corrected chi connectivity index (χ2v) is 7.20. The van der Waals surface area contributed by atoms with Crippen LogP contribution in [-0.4, -0.2) is 35.2 Å². The summed E-state index contributed by atoms with van der Waals surface area (Å²) in [6.07, 6.45) is 1.78. The third kappa shape index (κ3) is 4.28. The molecule has 1 unspecified atom stereocenters. The molecule has 7 N–H and O–H groups in total. The molecule has 12 nitrogen and oxygen atoms in total. The Hall–Kier alpha value is -4.23. The number of aromatic nitrogens is 1. The number of fused-ring (bicyclic) bond motifs is 1. The molecule has 0 spiro atoms. The Kier molecular flexibility index (Phi) is 6.51. The zero-order valence-corrected chi connectivity index (χ0v) is 18.2. The van der Waals surface area contributed by atoms with E-state index in [4.69, 9.17) is 31.3 Å². The van der Waals surface area contributed by atoms with Crippen LogP contribution >= 0.6 is 15.9 Å². The summed E-state index contributed by atoms with van der Waals surface area (Å²) in [6, 6.07) is 4.39. The highest BCUT2D eigenvalue weighted by Gasteiger charge is 2.31. The van der Waals surface area contributed by atoms with E-state index < -0.39 is 18.6 Å². The SMILES string of the molecule is CCOc1cc(C2N=C(NC#N)Nc3nc(N)c(C#N)c(N)c32)cc(Br)c1OCC(=O)O. The summed E-state index contributed by atoms with van der Waals surface area (Å²) in [6.45, 7) is 1.48. The number of carboxylic acids is 1. The molecule has 0 amide bonds. The van der Waals surface area contributed by atoms with Crippen LogP contribution in [0.2, 0.25) is 0 Å². The topological polar surface area (TPSA) is 205 Å². The van der Waals surface area contributed by atoms with E-state index in [9.17, 15) is 10.1 Å². The Morgan fingerprint density at radius 3 is 2.75 bits per heavy atom. The Morgan fingerprint density at radius 1 is 1.38 bits per heavy atom. The minimum Gasteiger partial charge on any atom is -0.490 e. The number of nitriles is 2. The fourth-order valence-electron chi connectivity index (χ4n) is 3.10. The molecule has 3 rings (SSSR count). The van der Waals surface area contributed by atoms with Crippen LogP contribution in [0, 0.1) is 22.8 Å². The number of carboxylic acid groups (broad SMARTS) is 1. The lowest BCUT2D eigenvalue weighted by Gasteiger charge is -2.27. The highest BCUT2D eigenvalue weighted by molar-refractivity contribution is 9.10. The molecule has 2 heterocycles. The number of hydrogen-bond donors (Lipinski definition) is 5. The van der Waals surface area contributed by atoms with Gasteiger partial charge < -0.3 is 31.4 Å². The van der Waals surface area contributed by atoms with Gasteiger partial charge in [-0.25, -0.2) is 14.8 Å². The van der Waals surface area contributed by atoms with Gasteiger partial charge in [0.05, 0.1) is 16.8 Å². The van der Waals surface area contributed by atoms with Crippen molar-refractivity contribution in [2.45, 2.75) is 13.0 Å². The molecule has 2 aromatic rings. The van der Waals surface area contributed by atoms with Crippen LogP contribution in [0.3, 0.4) is 0 Å². The molecule has 0 saturated carbocycles. The molecule has 1 aliphatic rings. The fraction of sp³-hybridized carbons (Fsp3) is 0.211. The molecular formula is C19H17BrN8O4. The van der Waals surface area contributed by atoms with Gasteiger partial charge in [0.1, 0.15) is 29.3 Å². The monoisotopic (exact) mass is 500 g/mol. The lowest BCUT2D eigenvalue weighted by Crippen LogP contribution is -2.32. The lowest BCUT2D eigenvalue weighted by molar-refractivity contribution is -0.139. The summed E-state index contributed by atoms with van der Waals surface area (Å²) in [5.74, 6) is -0.411. The maximum atomic E-state index is 10.9. The number of anilines is 3. The van der Waals surface area contributed by atoms with E-state index in [1.807, 2.05) is 6.07 Å². The molecular weight excluding hydrogens is 484 g/mol. The molecule has 13 heteroatoms. The third-order valence-corrected chi connectivity index (χ3v) is 4.93. The van der Waals surface area contributed by atoms with Crippen molar-refractivity contribution in [1.82, 2.24) is 10.3 Å². The first kappa shape index (κ1) is 22.5. The van der Waals surface area contributed by atoms with Gasteiger partial charge in [0.15, 0.2) is 24.3 Å². The van der Waals surface area contributed by atoms with E-state index >= 15 is 0 Å².